The van der Waals surface area contributed by atoms with Gasteiger partial charge in [0.15, 0.2) is 5.25 Å². The van der Waals surface area contributed by atoms with Gasteiger partial charge < -0.3 is 5.11 Å². The summed E-state index contributed by atoms with van der Waals surface area (Å²) in [5.41, 5.74) is 0.920. The minimum atomic E-state index is -3.71. The molecule has 1 aromatic carbocycles. The van der Waals surface area contributed by atoms with Crippen molar-refractivity contribution in [2.24, 2.45) is 0 Å². The molecule has 0 aromatic heterocycles. The second kappa shape index (κ2) is 6.50. The van der Waals surface area contributed by atoms with Crippen LogP contribution in [0.4, 0.5) is 0 Å². The largest absolute Gasteiger partial charge is 0.395 e. The van der Waals surface area contributed by atoms with Gasteiger partial charge in [-0.3, -0.25) is 0 Å². The molecule has 5 nitrogen and oxygen atoms in total. The van der Waals surface area contributed by atoms with Crippen molar-refractivity contribution in [1.29, 1.82) is 5.26 Å². The van der Waals surface area contributed by atoms with Crippen molar-refractivity contribution >= 4 is 10.0 Å². The van der Waals surface area contributed by atoms with Gasteiger partial charge in [-0.15, -0.1) is 0 Å². The molecule has 0 aliphatic carbocycles. The first-order valence-corrected chi connectivity index (χ1v) is 7.09. The number of aliphatic hydroxyl groups excluding tert-OH is 1. The van der Waals surface area contributed by atoms with E-state index in [1.807, 2.05) is 30.3 Å². The van der Waals surface area contributed by atoms with Gasteiger partial charge in [0.05, 0.1) is 12.7 Å². The maximum atomic E-state index is 11.7. The molecule has 0 fully saturated rings. The SMILES string of the molecule is CC(C#N)S(=O)(=O)N[C@@H](CO)Cc1ccccc1. The van der Waals surface area contributed by atoms with E-state index in [9.17, 15) is 13.5 Å². The quantitative estimate of drug-likeness (QED) is 0.782. The Hall–Kier alpha value is -1.42. The standard InChI is InChI=1S/C12H16N2O3S/c1-10(8-13)18(16,17)14-12(9-15)7-11-5-3-2-4-6-11/h2-6,10,12,14-15H,7,9H2,1H3/t10?,12-/m1/s1. The Kier molecular flexibility index (Phi) is 5.28. The maximum absolute atomic E-state index is 11.7. The van der Waals surface area contributed by atoms with E-state index in [-0.39, 0.29) is 6.61 Å². The van der Waals surface area contributed by atoms with E-state index in [2.05, 4.69) is 4.72 Å². The van der Waals surface area contributed by atoms with Crippen LogP contribution in [0, 0.1) is 11.3 Å². The summed E-state index contributed by atoms with van der Waals surface area (Å²) in [6.45, 7) is 0.992. The highest BCUT2D eigenvalue weighted by Gasteiger charge is 2.23. The predicted octanol–water partition coefficient (Wildman–Crippen LogP) is 0.421. The molecule has 1 aromatic rings. The highest BCUT2D eigenvalue weighted by molar-refractivity contribution is 7.90. The number of rotatable bonds is 6. The smallest absolute Gasteiger partial charge is 0.228 e. The Morgan fingerprint density at radius 3 is 2.50 bits per heavy atom. The van der Waals surface area contributed by atoms with E-state index in [4.69, 9.17) is 5.26 Å². The zero-order valence-corrected chi connectivity index (χ0v) is 10.9. The lowest BCUT2D eigenvalue weighted by molar-refractivity contribution is 0.256. The van der Waals surface area contributed by atoms with E-state index in [1.165, 1.54) is 6.92 Å². The number of sulfonamides is 1. The average Bonchev–Trinajstić information content (AvgIpc) is 2.37. The maximum Gasteiger partial charge on any atom is 0.228 e. The van der Waals surface area contributed by atoms with Gasteiger partial charge in [0.1, 0.15) is 0 Å². The summed E-state index contributed by atoms with van der Waals surface area (Å²) in [4.78, 5) is 0. The highest BCUT2D eigenvalue weighted by atomic mass is 32.2. The van der Waals surface area contributed by atoms with E-state index in [1.54, 1.807) is 6.07 Å². The molecule has 1 rings (SSSR count). The van der Waals surface area contributed by atoms with Gasteiger partial charge in [-0.1, -0.05) is 30.3 Å². The molecule has 0 saturated carbocycles. The van der Waals surface area contributed by atoms with Crippen LogP contribution in [0.25, 0.3) is 0 Å². The van der Waals surface area contributed by atoms with Crippen molar-refractivity contribution in [1.82, 2.24) is 4.72 Å². The number of nitrogens with one attached hydrogen (secondary N) is 1. The van der Waals surface area contributed by atoms with Crippen molar-refractivity contribution in [3.05, 3.63) is 35.9 Å². The van der Waals surface area contributed by atoms with Gasteiger partial charge >= 0.3 is 0 Å². The topological polar surface area (TPSA) is 90.2 Å². The Labute approximate surface area is 107 Å². The average molecular weight is 268 g/mol. The lowest BCUT2D eigenvalue weighted by atomic mass is 10.1. The molecule has 6 heteroatoms. The van der Waals surface area contributed by atoms with Crippen LogP contribution in [-0.4, -0.2) is 31.4 Å². The molecular weight excluding hydrogens is 252 g/mol. The number of nitriles is 1. The zero-order valence-electron chi connectivity index (χ0n) is 10.1. The molecular formula is C12H16N2O3S. The Morgan fingerprint density at radius 2 is 2.00 bits per heavy atom. The highest BCUT2D eigenvalue weighted by Crippen LogP contribution is 2.05. The molecule has 98 valence electrons. The number of benzene rings is 1. The molecule has 0 amide bonds. The van der Waals surface area contributed by atoms with E-state index in [0.29, 0.717) is 6.42 Å². The molecule has 0 radical (unpaired) electrons. The Balaban J connectivity index is 2.72. The second-order valence-electron chi connectivity index (χ2n) is 4.00. The van der Waals surface area contributed by atoms with E-state index >= 15 is 0 Å². The first-order chi connectivity index (χ1) is 8.49. The van der Waals surface area contributed by atoms with Crippen LogP contribution in [0.15, 0.2) is 30.3 Å². The van der Waals surface area contributed by atoms with E-state index in [0.717, 1.165) is 5.56 Å². The summed E-state index contributed by atoms with van der Waals surface area (Å²) in [6.07, 6.45) is 0.384. The first-order valence-electron chi connectivity index (χ1n) is 5.55. The van der Waals surface area contributed by atoms with Crippen LogP contribution in [0.5, 0.6) is 0 Å². The third kappa shape index (κ3) is 4.11. The molecule has 2 atom stereocenters. The fourth-order valence-corrected chi connectivity index (χ4v) is 2.41. The molecule has 0 aliphatic heterocycles. The van der Waals surface area contributed by atoms with Crippen LogP contribution in [0.1, 0.15) is 12.5 Å². The predicted molar refractivity (Wildman–Crippen MR) is 68.2 cm³/mol. The van der Waals surface area contributed by atoms with Crippen LogP contribution in [0.3, 0.4) is 0 Å². The molecule has 0 heterocycles. The Morgan fingerprint density at radius 1 is 1.39 bits per heavy atom. The minimum absolute atomic E-state index is 0.313. The van der Waals surface area contributed by atoms with Gasteiger partial charge in [0, 0.05) is 6.04 Å². The molecule has 0 spiro atoms. The van der Waals surface area contributed by atoms with Crippen LogP contribution in [-0.2, 0) is 16.4 Å². The Bertz CT molecular complexity index is 508. The zero-order chi connectivity index (χ0) is 13.6. The number of hydrogen-bond donors (Lipinski definition) is 2. The first kappa shape index (κ1) is 14.6. The van der Waals surface area contributed by atoms with Crippen LogP contribution in [0.2, 0.25) is 0 Å². The van der Waals surface area contributed by atoms with Crippen LogP contribution < -0.4 is 4.72 Å². The summed E-state index contributed by atoms with van der Waals surface area (Å²) in [6, 6.07) is 10.3. The monoisotopic (exact) mass is 268 g/mol. The number of nitrogens with zero attached hydrogens (tertiary/aromatic N) is 1. The normalized spacial score (nSPS) is 14.7. The van der Waals surface area contributed by atoms with Gasteiger partial charge in [0.2, 0.25) is 10.0 Å². The summed E-state index contributed by atoms with van der Waals surface area (Å²) >= 11 is 0. The number of hydrogen-bond acceptors (Lipinski definition) is 4. The van der Waals surface area contributed by atoms with Crippen molar-refractivity contribution in [2.45, 2.75) is 24.6 Å². The van der Waals surface area contributed by atoms with Gasteiger partial charge in [-0.2, -0.15) is 5.26 Å². The van der Waals surface area contributed by atoms with Crippen molar-refractivity contribution in [3.63, 3.8) is 0 Å². The van der Waals surface area contributed by atoms with Crippen LogP contribution >= 0.6 is 0 Å². The molecule has 0 bridgehead atoms. The fraction of sp³-hybridized carbons (Fsp3) is 0.417. The lowest BCUT2D eigenvalue weighted by Crippen LogP contribution is -2.42. The van der Waals surface area contributed by atoms with Crippen molar-refractivity contribution in [2.75, 3.05) is 6.61 Å². The summed E-state index contributed by atoms with van der Waals surface area (Å²) in [5, 5.41) is 16.7. The molecule has 2 N–H and O–H groups in total. The van der Waals surface area contributed by atoms with E-state index < -0.39 is 21.3 Å². The van der Waals surface area contributed by atoms with Gasteiger partial charge in [-0.25, -0.2) is 13.1 Å². The lowest BCUT2D eigenvalue weighted by Gasteiger charge is -2.17. The third-order valence-corrected chi connectivity index (χ3v) is 4.22. The third-order valence-electron chi connectivity index (χ3n) is 2.52. The molecule has 0 saturated heterocycles. The molecule has 18 heavy (non-hydrogen) atoms. The summed E-state index contributed by atoms with van der Waals surface area (Å²) < 4.78 is 25.7. The summed E-state index contributed by atoms with van der Waals surface area (Å²) in [5.74, 6) is 0. The molecule has 1 unspecified atom stereocenters. The molecule has 0 aliphatic rings. The van der Waals surface area contributed by atoms with Crippen molar-refractivity contribution < 1.29 is 13.5 Å². The van der Waals surface area contributed by atoms with Gasteiger partial charge in [-0.05, 0) is 18.9 Å². The minimum Gasteiger partial charge on any atom is -0.395 e. The second-order valence-corrected chi connectivity index (χ2v) is 6.04. The fourth-order valence-electron chi connectivity index (χ4n) is 1.45. The summed E-state index contributed by atoms with van der Waals surface area (Å²) in [7, 11) is -3.71. The van der Waals surface area contributed by atoms with Gasteiger partial charge in [0.25, 0.3) is 0 Å². The van der Waals surface area contributed by atoms with Crippen molar-refractivity contribution in [3.8, 4) is 6.07 Å². The number of aliphatic hydroxyl groups is 1.